The fourth-order valence-electron chi connectivity index (χ4n) is 2.08. The van der Waals surface area contributed by atoms with E-state index in [2.05, 4.69) is 15.9 Å². The molecule has 0 radical (unpaired) electrons. The number of amides is 1. The molecule has 0 spiro atoms. The van der Waals surface area contributed by atoms with Crippen LogP contribution in [0.1, 0.15) is 17.7 Å². The van der Waals surface area contributed by atoms with Crippen molar-refractivity contribution in [1.82, 2.24) is 9.47 Å². The van der Waals surface area contributed by atoms with E-state index in [1.807, 2.05) is 6.92 Å². The van der Waals surface area contributed by atoms with Gasteiger partial charge < -0.3 is 9.47 Å². The molecule has 0 aliphatic heterocycles. The van der Waals surface area contributed by atoms with Crippen LogP contribution < -0.4 is 4.87 Å². The van der Waals surface area contributed by atoms with Gasteiger partial charge in [-0.1, -0.05) is 27.3 Å². The van der Waals surface area contributed by atoms with E-state index < -0.39 is 0 Å². The number of carbonyl (C=O) groups is 1. The normalized spacial score (nSPS) is 10.7. The highest BCUT2D eigenvalue weighted by Crippen LogP contribution is 2.17. The summed E-state index contributed by atoms with van der Waals surface area (Å²) in [4.78, 5) is 25.1. The van der Waals surface area contributed by atoms with E-state index in [4.69, 9.17) is 0 Å². The molecule has 1 heterocycles. The SMILES string of the molecule is Cc1csc(=O)n1CCC(=O)N(C)Cc1cc(Br)ccc1F. The summed E-state index contributed by atoms with van der Waals surface area (Å²) < 4.78 is 16.1. The summed E-state index contributed by atoms with van der Waals surface area (Å²) in [7, 11) is 1.63. The number of aryl methyl sites for hydroxylation is 1. The number of rotatable bonds is 5. The maximum Gasteiger partial charge on any atom is 0.307 e. The van der Waals surface area contributed by atoms with Crippen molar-refractivity contribution < 1.29 is 9.18 Å². The summed E-state index contributed by atoms with van der Waals surface area (Å²) in [5, 5.41) is 1.77. The van der Waals surface area contributed by atoms with Crippen LogP contribution in [0.15, 0.2) is 32.8 Å². The van der Waals surface area contributed by atoms with E-state index in [9.17, 15) is 14.0 Å². The fourth-order valence-corrected chi connectivity index (χ4v) is 3.25. The molecule has 0 bridgehead atoms. The maximum atomic E-state index is 13.7. The molecule has 0 atom stereocenters. The van der Waals surface area contributed by atoms with Gasteiger partial charge >= 0.3 is 4.87 Å². The van der Waals surface area contributed by atoms with Crippen LogP contribution in [0.2, 0.25) is 0 Å². The van der Waals surface area contributed by atoms with Crippen molar-refractivity contribution in [1.29, 1.82) is 0 Å². The van der Waals surface area contributed by atoms with Crippen LogP contribution in [-0.2, 0) is 17.9 Å². The largest absolute Gasteiger partial charge is 0.341 e. The van der Waals surface area contributed by atoms with Gasteiger partial charge in [-0.15, -0.1) is 0 Å². The molecule has 1 aromatic heterocycles. The van der Waals surface area contributed by atoms with Crippen molar-refractivity contribution in [2.24, 2.45) is 0 Å². The van der Waals surface area contributed by atoms with Gasteiger partial charge in [-0.05, 0) is 25.1 Å². The fraction of sp³-hybridized carbons (Fsp3) is 0.333. The first kappa shape index (κ1) is 16.9. The quantitative estimate of drug-likeness (QED) is 0.791. The molecule has 1 amide bonds. The molecule has 1 aromatic carbocycles. The Bertz CT molecular complexity index is 741. The third-order valence-electron chi connectivity index (χ3n) is 3.37. The molecule has 0 aliphatic carbocycles. The van der Waals surface area contributed by atoms with Crippen molar-refractivity contribution in [3.8, 4) is 0 Å². The molecule has 0 fully saturated rings. The zero-order valence-electron chi connectivity index (χ0n) is 12.3. The number of aromatic nitrogens is 1. The van der Waals surface area contributed by atoms with Crippen molar-refractivity contribution in [2.45, 2.75) is 26.4 Å². The van der Waals surface area contributed by atoms with E-state index in [-0.39, 0.29) is 29.6 Å². The number of benzene rings is 1. The molecule has 0 saturated heterocycles. The minimum absolute atomic E-state index is 0.0639. The Kier molecular flexibility index (Phi) is 5.52. The van der Waals surface area contributed by atoms with E-state index in [1.165, 1.54) is 11.0 Å². The molecular weight excluding hydrogens is 371 g/mol. The molecule has 22 heavy (non-hydrogen) atoms. The van der Waals surface area contributed by atoms with Crippen molar-refractivity contribution in [2.75, 3.05) is 7.05 Å². The van der Waals surface area contributed by atoms with Gasteiger partial charge in [0.2, 0.25) is 5.91 Å². The number of thiazole rings is 1. The number of halogens is 2. The minimum Gasteiger partial charge on any atom is -0.341 e. The lowest BCUT2D eigenvalue weighted by molar-refractivity contribution is -0.130. The second-order valence-corrected chi connectivity index (χ2v) is 6.77. The number of hydrogen-bond donors (Lipinski definition) is 0. The zero-order chi connectivity index (χ0) is 16.3. The van der Waals surface area contributed by atoms with Gasteiger partial charge in [0.15, 0.2) is 0 Å². The summed E-state index contributed by atoms with van der Waals surface area (Å²) in [6.45, 7) is 2.38. The number of nitrogens with zero attached hydrogens (tertiary/aromatic N) is 2. The van der Waals surface area contributed by atoms with Crippen LogP contribution in [0.25, 0.3) is 0 Å². The Labute approximate surface area is 140 Å². The molecule has 4 nitrogen and oxygen atoms in total. The van der Waals surface area contributed by atoms with Crippen molar-refractivity contribution in [3.05, 3.63) is 54.8 Å². The van der Waals surface area contributed by atoms with Gasteiger partial charge in [0.1, 0.15) is 5.82 Å². The maximum absolute atomic E-state index is 13.7. The molecule has 0 N–H and O–H groups in total. The van der Waals surface area contributed by atoms with E-state index in [0.29, 0.717) is 12.1 Å². The smallest absolute Gasteiger partial charge is 0.307 e. The second kappa shape index (κ2) is 7.19. The van der Waals surface area contributed by atoms with Gasteiger partial charge in [-0.2, -0.15) is 0 Å². The predicted octanol–water partition coefficient (Wildman–Crippen LogP) is 3.17. The lowest BCUT2D eigenvalue weighted by atomic mass is 10.2. The lowest BCUT2D eigenvalue weighted by Crippen LogP contribution is -2.28. The molecule has 0 aliphatic rings. The van der Waals surface area contributed by atoms with Crippen LogP contribution in [0.5, 0.6) is 0 Å². The first-order valence-electron chi connectivity index (χ1n) is 6.71. The van der Waals surface area contributed by atoms with Gasteiger partial charge in [-0.25, -0.2) is 4.39 Å². The topological polar surface area (TPSA) is 42.3 Å². The van der Waals surface area contributed by atoms with Gasteiger partial charge in [-0.3, -0.25) is 9.59 Å². The Morgan fingerprint density at radius 3 is 2.82 bits per heavy atom. The first-order chi connectivity index (χ1) is 10.4. The molecule has 2 rings (SSSR count). The highest BCUT2D eigenvalue weighted by atomic mass is 79.9. The predicted molar refractivity (Wildman–Crippen MR) is 88.5 cm³/mol. The van der Waals surface area contributed by atoms with Gasteiger partial charge in [0.25, 0.3) is 0 Å². The highest BCUT2D eigenvalue weighted by molar-refractivity contribution is 9.10. The van der Waals surface area contributed by atoms with Gasteiger partial charge in [0.05, 0.1) is 0 Å². The third kappa shape index (κ3) is 4.04. The Hall–Kier alpha value is -1.47. The second-order valence-electron chi connectivity index (χ2n) is 5.03. The van der Waals surface area contributed by atoms with Crippen molar-refractivity contribution in [3.63, 3.8) is 0 Å². The highest BCUT2D eigenvalue weighted by Gasteiger charge is 2.13. The van der Waals surface area contributed by atoms with Crippen molar-refractivity contribution >= 4 is 33.2 Å². The molecule has 0 unspecified atom stereocenters. The Morgan fingerprint density at radius 1 is 1.45 bits per heavy atom. The number of carbonyl (C=O) groups excluding carboxylic acids is 1. The molecular formula is C15H16BrFN2O2S. The van der Waals surface area contributed by atoms with Crippen LogP contribution in [0.3, 0.4) is 0 Å². The van der Waals surface area contributed by atoms with Crippen LogP contribution in [0, 0.1) is 12.7 Å². The summed E-state index contributed by atoms with van der Waals surface area (Å²) in [5.74, 6) is -0.468. The monoisotopic (exact) mass is 386 g/mol. The third-order valence-corrected chi connectivity index (χ3v) is 4.74. The standard InChI is InChI=1S/C15H16BrFN2O2S/c1-10-9-22-15(21)19(10)6-5-14(20)18(2)8-11-7-12(16)3-4-13(11)17/h3-4,7,9H,5-6,8H2,1-2H3. The number of hydrogen-bond acceptors (Lipinski definition) is 3. The van der Waals surface area contributed by atoms with E-state index in [1.54, 1.807) is 29.1 Å². The van der Waals surface area contributed by atoms with Crippen LogP contribution >= 0.6 is 27.3 Å². The molecule has 118 valence electrons. The summed E-state index contributed by atoms with van der Waals surface area (Å²) in [6, 6.07) is 4.64. The van der Waals surface area contributed by atoms with Gasteiger partial charge in [0, 0.05) is 47.7 Å². The summed E-state index contributed by atoms with van der Waals surface area (Å²) >= 11 is 4.41. The van der Waals surface area contributed by atoms with Crippen LogP contribution in [0.4, 0.5) is 4.39 Å². The average Bonchev–Trinajstić information content (AvgIpc) is 2.79. The van der Waals surface area contributed by atoms with Crippen LogP contribution in [-0.4, -0.2) is 22.4 Å². The van der Waals surface area contributed by atoms with E-state index >= 15 is 0 Å². The lowest BCUT2D eigenvalue weighted by Gasteiger charge is -2.18. The first-order valence-corrected chi connectivity index (χ1v) is 8.38. The summed E-state index contributed by atoms with van der Waals surface area (Å²) in [5.41, 5.74) is 1.30. The minimum atomic E-state index is -0.340. The van der Waals surface area contributed by atoms with E-state index in [0.717, 1.165) is 21.5 Å². The zero-order valence-corrected chi connectivity index (χ0v) is 14.7. The average molecular weight is 387 g/mol. The molecule has 0 saturated carbocycles. The molecule has 2 aromatic rings. The molecule has 7 heteroatoms. The summed E-state index contributed by atoms with van der Waals surface area (Å²) in [6.07, 6.45) is 0.212. The Morgan fingerprint density at radius 2 is 2.18 bits per heavy atom. The Balaban J connectivity index is 1.98.